The largest absolute Gasteiger partial charge is 0.464 e. The summed E-state index contributed by atoms with van der Waals surface area (Å²) in [5.41, 5.74) is 0.552. The molecule has 0 bridgehead atoms. The third-order valence-electron chi connectivity index (χ3n) is 2.09. The molecule has 0 saturated heterocycles. The first-order valence-corrected chi connectivity index (χ1v) is 4.03. The van der Waals surface area contributed by atoms with Gasteiger partial charge in [-0.2, -0.15) is 13.2 Å². The highest BCUT2D eigenvalue weighted by Gasteiger charge is 2.30. The Morgan fingerprint density at radius 3 is 2.57 bits per heavy atom. The van der Waals surface area contributed by atoms with Crippen molar-refractivity contribution in [3.05, 3.63) is 35.6 Å². The Bertz CT molecular complexity index is 468. The van der Waals surface area contributed by atoms with Crippen molar-refractivity contribution in [1.82, 2.24) is 0 Å². The number of rotatable bonds is 0. The van der Waals surface area contributed by atoms with E-state index < -0.39 is 11.7 Å². The molecule has 74 valence electrons. The van der Waals surface area contributed by atoms with Crippen molar-refractivity contribution < 1.29 is 17.6 Å². The summed E-state index contributed by atoms with van der Waals surface area (Å²) in [7, 11) is 0. The number of fused-ring (bicyclic) bond motifs is 1. The van der Waals surface area contributed by atoms with Crippen LogP contribution in [0.2, 0.25) is 0 Å². The number of halogens is 3. The maximum absolute atomic E-state index is 12.3. The van der Waals surface area contributed by atoms with Gasteiger partial charge in [-0.3, -0.25) is 0 Å². The van der Waals surface area contributed by atoms with E-state index in [1.54, 1.807) is 6.92 Å². The smallest absolute Gasteiger partial charge is 0.416 e. The van der Waals surface area contributed by atoms with Gasteiger partial charge in [0.2, 0.25) is 0 Å². The molecule has 1 aromatic carbocycles. The molecule has 1 aromatic heterocycles. The van der Waals surface area contributed by atoms with Gasteiger partial charge in [0.1, 0.15) is 5.58 Å². The van der Waals surface area contributed by atoms with Crippen LogP contribution in [0.1, 0.15) is 11.1 Å². The summed E-state index contributed by atoms with van der Waals surface area (Å²) < 4.78 is 42.0. The predicted octanol–water partition coefficient (Wildman–Crippen LogP) is 3.76. The van der Waals surface area contributed by atoms with Crippen molar-refractivity contribution in [1.29, 1.82) is 0 Å². The molecule has 2 aromatic rings. The van der Waals surface area contributed by atoms with Gasteiger partial charge >= 0.3 is 6.18 Å². The third kappa shape index (κ3) is 1.36. The van der Waals surface area contributed by atoms with Crippen LogP contribution in [0.25, 0.3) is 11.0 Å². The van der Waals surface area contributed by atoms with Gasteiger partial charge in [-0.05, 0) is 30.7 Å². The van der Waals surface area contributed by atoms with Crippen LogP contribution in [0.5, 0.6) is 0 Å². The van der Waals surface area contributed by atoms with Crippen molar-refractivity contribution in [2.24, 2.45) is 0 Å². The molecular weight excluding hydrogens is 193 g/mol. The van der Waals surface area contributed by atoms with E-state index in [4.69, 9.17) is 4.42 Å². The zero-order chi connectivity index (χ0) is 10.3. The molecule has 0 N–H and O–H groups in total. The summed E-state index contributed by atoms with van der Waals surface area (Å²) in [5.74, 6) is 0. The SMILES string of the molecule is Cc1coc2ccc(C(F)(F)F)cc12. The van der Waals surface area contributed by atoms with E-state index in [0.29, 0.717) is 16.5 Å². The fraction of sp³-hybridized carbons (Fsp3) is 0.200. The lowest BCUT2D eigenvalue weighted by molar-refractivity contribution is -0.137. The Morgan fingerprint density at radius 1 is 1.21 bits per heavy atom. The predicted molar refractivity (Wildman–Crippen MR) is 46.0 cm³/mol. The van der Waals surface area contributed by atoms with Crippen LogP contribution >= 0.6 is 0 Å². The summed E-state index contributed by atoms with van der Waals surface area (Å²) in [6, 6.07) is 3.46. The highest BCUT2D eigenvalue weighted by atomic mass is 19.4. The second-order valence-corrected chi connectivity index (χ2v) is 3.13. The number of benzene rings is 1. The Balaban J connectivity index is 2.66. The second kappa shape index (κ2) is 2.77. The molecule has 0 aliphatic rings. The van der Waals surface area contributed by atoms with E-state index in [-0.39, 0.29) is 0 Å². The molecule has 4 heteroatoms. The number of furan rings is 1. The fourth-order valence-corrected chi connectivity index (χ4v) is 1.33. The van der Waals surface area contributed by atoms with E-state index in [1.807, 2.05) is 0 Å². The Morgan fingerprint density at radius 2 is 1.93 bits per heavy atom. The molecule has 0 spiro atoms. The van der Waals surface area contributed by atoms with Crippen molar-refractivity contribution in [2.45, 2.75) is 13.1 Å². The summed E-state index contributed by atoms with van der Waals surface area (Å²) in [6.45, 7) is 1.71. The summed E-state index contributed by atoms with van der Waals surface area (Å²) in [4.78, 5) is 0. The first-order valence-electron chi connectivity index (χ1n) is 4.03. The minimum atomic E-state index is -4.29. The summed E-state index contributed by atoms with van der Waals surface area (Å²) in [5, 5.41) is 0.514. The van der Waals surface area contributed by atoms with Crippen LogP contribution in [0, 0.1) is 6.92 Å². The van der Waals surface area contributed by atoms with E-state index in [2.05, 4.69) is 0 Å². The minimum Gasteiger partial charge on any atom is -0.464 e. The lowest BCUT2D eigenvalue weighted by Gasteiger charge is -2.05. The molecule has 0 aliphatic heterocycles. The van der Waals surface area contributed by atoms with Crippen LogP contribution in [-0.4, -0.2) is 0 Å². The molecule has 0 unspecified atom stereocenters. The lowest BCUT2D eigenvalue weighted by Crippen LogP contribution is -2.03. The van der Waals surface area contributed by atoms with Gasteiger partial charge < -0.3 is 4.42 Å². The number of aryl methyl sites for hydroxylation is 1. The molecule has 0 radical (unpaired) electrons. The van der Waals surface area contributed by atoms with Crippen molar-refractivity contribution in [3.8, 4) is 0 Å². The maximum atomic E-state index is 12.3. The third-order valence-corrected chi connectivity index (χ3v) is 2.09. The quantitative estimate of drug-likeness (QED) is 0.631. The van der Waals surface area contributed by atoms with Crippen molar-refractivity contribution in [2.75, 3.05) is 0 Å². The maximum Gasteiger partial charge on any atom is 0.416 e. The Kier molecular flexibility index (Phi) is 1.80. The molecule has 0 saturated carbocycles. The highest BCUT2D eigenvalue weighted by Crippen LogP contribution is 2.32. The molecule has 0 atom stereocenters. The van der Waals surface area contributed by atoms with Gasteiger partial charge in [-0.1, -0.05) is 0 Å². The summed E-state index contributed by atoms with van der Waals surface area (Å²) >= 11 is 0. The topological polar surface area (TPSA) is 13.1 Å². The normalized spacial score (nSPS) is 12.3. The van der Waals surface area contributed by atoms with Gasteiger partial charge in [0.15, 0.2) is 0 Å². The Hall–Kier alpha value is -1.45. The van der Waals surface area contributed by atoms with E-state index in [9.17, 15) is 13.2 Å². The number of hydrogen-bond acceptors (Lipinski definition) is 1. The van der Waals surface area contributed by atoms with E-state index in [1.165, 1.54) is 12.3 Å². The molecule has 1 nitrogen and oxygen atoms in total. The van der Waals surface area contributed by atoms with Gasteiger partial charge in [0.05, 0.1) is 11.8 Å². The second-order valence-electron chi connectivity index (χ2n) is 3.13. The monoisotopic (exact) mass is 200 g/mol. The van der Waals surface area contributed by atoms with Gasteiger partial charge in [-0.25, -0.2) is 0 Å². The number of alkyl halides is 3. The van der Waals surface area contributed by atoms with Gasteiger partial charge in [0, 0.05) is 5.39 Å². The van der Waals surface area contributed by atoms with Crippen LogP contribution < -0.4 is 0 Å². The van der Waals surface area contributed by atoms with Crippen LogP contribution in [0.4, 0.5) is 13.2 Å². The number of hydrogen-bond donors (Lipinski definition) is 0. The molecule has 0 amide bonds. The van der Waals surface area contributed by atoms with E-state index in [0.717, 1.165) is 12.1 Å². The summed E-state index contributed by atoms with van der Waals surface area (Å²) in [6.07, 6.45) is -2.84. The molecule has 14 heavy (non-hydrogen) atoms. The zero-order valence-electron chi connectivity index (χ0n) is 7.35. The zero-order valence-corrected chi connectivity index (χ0v) is 7.35. The molecule has 2 rings (SSSR count). The van der Waals surface area contributed by atoms with Crippen LogP contribution in [-0.2, 0) is 6.18 Å². The van der Waals surface area contributed by atoms with Crippen molar-refractivity contribution in [3.63, 3.8) is 0 Å². The first-order chi connectivity index (χ1) is 6.48. The van der Waals surface area contributed by atoms with Crippen LogP contribution in [0.15, 0.2) is 28.9 Å². The Labute approximate surface area is 78.1 Å². The van der Waals surface area contributed by atoms with Gasteiger partial charge in [-0.15, -0.1) is 0 Å². The van der Waals surface area contributed by atoms with Gasteiger partial charge in [0.25, 0.3) is 0 Å². The fourth-order valence-electron chi connectivity index (χ4n) is 1.33. The molecular formula is C10H7F3O. The molecule has 1 heterocycles. The van der Waals surface area contributed by atoms with Crippen molar-refractivity contribution >= 4 is 11.0 Å². The lowest BCUT2D eigenvalue weighted by atomic mass is 10.1. The van der Waals surface area contributed by atoms with Crippen LogP contribution in [0.3, 0.4) is 0 Å². The molecule has 0 fully saturated rings. The highest BCUT2D eigenvalue weighted by molar-refractivity contribution is 5.81. The van der Waals surface area contributed by atoms with E-state index >= 15 is 0 Å². The standard InChI is InChI=1S/C10H7F3O/c1-6-5-14-9-3-2-7(4-8(6)9)10(11,12)13/h2-5H,1H3. The average Bonchev–Trinajstić information content (AvgIpc) is 2.46. The average molecular weight is 200 g/mol. The molecule has 0 aliphatic carbocycles. The first kappa shape index (κ1) is 9.12. The minimum absolute atomic E-state index is 0.482.